The molecule has 0 radical (unpaired) electrons. The number of carbonyl (C=O) groups is 1. The molecule has 0 aliphatic heterocycles. The maximum absolute atomic E-state index is 10.6. The van der Waals surface area contributed by atoms with Crippen LogP contribution in [0.1, 0.15) is 13.8 Å². The van der Waals surface area contributed by atoms with Crippen molar-refractivity contribution in [1.82, 2.24) is 5.43 Å². The van der Waals surface area contributed by atoms with E-state index >= 15 is 0 Å². The zero-order valence-electron chi connectivity index (χ0n) is 6.77. The maximum atomic E-state index is 10.6. The Morgan fingerprint density at radius 2 is 2.17 bits per heavy atom. The minimum Gasteiger partial charge on any atom is -0.448 e. The van der Waals surface area contributed by atoms with Crippen molar-refractivity contribution in [2.75, 3.05) is 6.61 Å². The Labute approximate surface area is 71.6 Å². The van der Waals surface area contributed by atoms with Crippen molar-refractivity contribution >= 4 is 16.6 Å². The Balaban J connectivity index is 3.69. The summed E-state index contributed by atoms with van der Waals surface area (Å²) in [6.07, 6.45) is -0.868. The molecule has 70 valence electrons. The van der Waals surface area contributed by atoms with Crippen molar-refractivity contribution in [3.63, 3.8) is 0 Å². The van der Waals surface area contributed by atoms with Crippen molar-refractivity contribution in [2.45, 2.75) is 13.8 Å². The van der Waals surface area contributed by atoms with Gasteiger partial charge in [0.2, 0.25) is 0 Å². The van der Waals surface area contributed by atoms with Gasteiger partial charge in [0.25, 0.3) is 0 Å². The van der Waals surface area contributed by atoms with Gasteiger partial charge in [-0.2, -0.15) is 13.8 Å². The van der Waals surface area contributed by atoms with Gasteiger partial charge in [-0.15, -0.1) is 0 Å². The average Bonchev–Trinajstić information content (AvgIpc) is 1.96. The fourth-order valence-corrected chi connectivity index (χ4v) is 0.498. The number of ether oxygens (including phenoxy) is 1. The Hall–Kier alpha value is -1.11. The number of rotatable bonds is 3. The first-order valence-corrected chi connectivity index (χ1v) is 4.28. The zero-order valence-corrected chi connectivity index (χ0v) is 7.59. The molecular weight excluding hydrogens is 184 g/mol. The third-order valence-electron chi connectivity index (χ3n) is 0.759. The summed E-state index contributed by atoms with van der Waals surface area (Å²) in [6, 6.07) is 0. The molecule has 6 nitrogen and oxygen atoms in total. The number of hydrogen-bond donors (Lipinski definition) is 1. The van der Waals surface area contributed by atoms with Crippen molar-refractivity contribution in [3.8, 4) is 0 Å². The Kier molecular flexibility index (Phi) is 5.02. The highest BCUT2D eigenvalue weighted by Gasteiger charge is 2.01. The molecule has 1 amide bonds. The molecule has 0 spiro atoms. The Morgan fingerprint density at radius 1 is 1.58 bits per heavy atom. The SMILES string of the molecule is CC(C)COC(=O)NN=S(=O)=O. The lowest BCUT2D eigenvalue weighted by atomic mass is 10.2. The molecule has 12 heavy (non-hydrogen) atoms. The van der Waals surface area contributed by atoms with Gasteiger partial charge >= 0.3 is 16.6 Å². The van der Waals surface area contributed by atoms with Gasteiger partial charge in [-0.25, -0.2) is 4.79 Å². The summed E-state index contributed by atoms with van der Waals surface area (Å²) in [4.78, 5) is 10.6. The summed E-state index contributed by atoms with van der Waals surface area (Å²) in [5.41, 5.74) is 1.69. The maximum Gasteiger partial charge on any atom is 0.428 e. The van der Waals surface area contributed by atoms with Crippen LogP contribution in [0.4, 0.5) is 4.79 Å². The molecule has 0 atom stereocenters. The second-order valence-corrected chi connectivity index (χ2v) is 3.03. The monoisotopic (exact) mass is 194 g/mol. The molecule has 7 heteroatoms. The molecule has 0 rings (SSSR count). The number of amides is 1. The summed E-state index contributed by atoms with van der Waals surface area (Å²) in [5.74, 6) is 0.202. The summed E-state index contributed by atoms with van der Waals surface area (Å²) in [7, 11) is -2.64. The summed E-state index contributed by atoms with van der Waals surface area (Å²) < 4.78 is 26.8. The summed E-state index contributed by atoms with van der Waals surface area (Å²) in [5, 5.41) is 0. The first-order chi connectivity index (χ1) is 5.52. The summed E-state index contributed by atoms with van der Waals surface area (Å²) >= 11 is 0. The normalized spacial score (nSPS) is 9.25. The fraction of sp³-hybridized carbons (Fsp3) is 0.800. The molecule has 0 aliphatic carbocycles. The molecule has 0 saturated carbocycles. The smallest absolute Gasteiger partial charge is 0.428 e. The largest absolute Gasteiger partial charge is 0.448 e. The molecule has 0 fully saturated rings. The van der Waals surface area contributed by atoms with Crippen LogP contribution in [0, 0.1) is 5.92 Å². The van der Waals surface area contributed by atoms with E-state index in [1.807, 2.05) is 13.8 Å². The van der Waals surface area contributed by atoms with E-state index in [-0.39, 0.29) is 12.5 Å². The molecule has 0 heterocycles. The molecule has 0 aliphatic rings. The van der Waals surface area contributed by atoms with Crippen LogP contribution < -0.4 is 5.43 Å². The third-order valence-corrected chi connectivity index (χ3v) is 1.000. The van der Waals surface area contributed by atoms with Crippen LogP contribution in [-0.2, 0) is 15.2 Å². The van der Waals surface area contributed by atoms with Crippen molar-refractivity contribution in [3.05, 3.63) is 0 Å². The summed E-state index contributed by atoms with van der Waals surface area (Å²) in [6.45, 7) is 3.94. The predicted molar refractivity (Wildman–Crippen MR) is 40.7 cm³/mol. The van der Waals surface area contributed by atoms with E-state index in [4.69, 9.17) is 0 Å². The minimum atomic E-state index is -2.64. The zero-order chi connectivity index (χ0) is 9.56. The average molecular weight is 194 g/mol. The molecule has 0 aromatic heterocycles. The second kappa shape index (κ2) is 5.53. The van der Waals surface area contributed by atoms with Gasteiger partial charge in [-0.1, -0.05) is 13.8 Å². The fourth-order valence-electron chi connectivity index (χ4n) is 0.349. The first-order valence-electron chi connectivity index (χ1n) is 3.25. The number of nitrogens with zero attached hydrogens (tertiary/aromatic N) is 1. The quantitative estimate of drug-likeness (QED) is 0.657. The predicted octanol–water partition coefficient (Wildman–Crippen LogP) is 0.346. The lowest BCUT2D eigenvalue weighted by molar-refractivity contribution is 0.133. The van der Waals surface area contributed by atoms with Crippen molar-refractivity contribution < 1.29 is 17.9 Å². The number of carbonyl (C=O) groups excluding carboxylic acids is 1. The van der Waals surface area contributed by atoms with E-state index < -0.39 is 16.6 Å². The van der Waals surface area contributed by atoms with Crippen LogP contribution in [0.3, 0.4) is 0 Å². The van der Waals surface area contributed by atoms with Gasteiger partial charge in [-0.05, 0) is 10.4 Å². The highest BCUT2D eigenvalue weighted by molar-refractivity contribution is 7.61. The van der Waals surface area contributed by atoms with Crippen LogP contribution >= 0.6 is 0 Å². The van der Waals surface area contributed by atoms with Gasteiger partial charge in [0, 0.05) is 0 Å². The third kappa shape index (κ3) is 7.00. The first kappa shape index (κ1) is 10.9. The highest BCUT2D eigenvalue weighted by Crippen LogP contribution is 1.91. The van der Waals surface area contributed by atoms with E-state index in [0.29, 0.717) is 0 Å². The lowest BCUT2D eigenvalue weighted by Gasteiger charge is -2.04. The standard InChI is InChI=1S/C5H10N2O4S/c1-4(2)3-11-5(8)6-7-12(9)10/h4H,3H2,1-2H3,(H,6,8). The van der Waals surface area contributed by atoms with E-state index in [1.165, 1.54) is 0 Å². The van der Waals surface area contributed by atoms with Crippen molar-refractivity contribution in [1.29, 1.82) is 0 Å². The van der Waals surface area contributed by atoms with Gasteiger partial charge in [0.15, 0.2) is 0 Å². The van der Waals surface area contributed by atoms with Crippen LogP contribution in [-0.4, -0.2) is 21.1 Å². The van der Waals surface area contributed by atoms with Crippen LogP contribution in [0.25, 0.3) is 0 Å². The molecule has 0 aromatic rings. The van der Waals surface area contributed by atoms with Crippen LogP contribution in [0.2, 0.25) is 0 Å². The van der Waals surface area contributed by atoms with E-state index in [2.05, 4.69) is 9.21 Å². The van der Waals surface area contributed by atoms with Gasteiger partial charge in [-0.3, -0.25) is 0 Å². The Morgan fingerprint density at radius 3 is 2.58 bits per heavy atom. The molecule has 0 bridgehead atoms. The van der Waals surface area contributed by atoms with Gasteiger partial charge in [0.1, 0.15) is 0 Å². The van der Waals surface area contributed by atoms with Gasteiger partial charge in [0.05, 0.1) is 6.61 Å². The Bertz CT molecular complexity index is 261. The lowest BCUT2D eigenvalue weighted by Crippen LogP contribution is -2.20. The van der Waals surface area contributed by atoms with E-state index in [1.54, 1.807) is 5.43 Å². The van der Waals surface area contributed by atoms with Gasteiger partial charge < -0.3 is 4.74 Å². The number of nitrogens with one attached hydrogen (secondary N) is 1. The van der Waals surface area contributed by atoms with E-state index in [9.17, 15) is 13.2 Å². The molecule has 0 unspecified atom stereocenters. The van der Waals surface area contributed by atoms with E-state index in [0.717, 1.165) is 0 Å². The second-order valence-electron chi connectivity index (χ2n) is 2.41. The molecule has 0 aromatic carbocycles. The topological polar surface area (TPSA) is 84.8 Å². The van der Waals surface area contributed by atoms with Crippen molar-refractivity contribution in [2.24, 2.45) is 10.4 Å². The van der Waals surface area contributed by atoms with Crippen LogP contribution in [0.5, 0.6) is 0 Å². The molecule has 0 saturated heterocycles. The number of hydrogen-bond acceptors (Lipinski definition) is 5. The molecule has 1 N–H and O–H groups in total. The minimum absolute atomic E-state index is 0.202. The molecular formula is C5H10N2O4S. The van der Waals surface area contributed by atoms with Crippen LogP contribution in [0.15, 0.2) is 4.47 Å². The highest BCUT2D eigenvalue weighted by atomic mass is 32.2.